The van der Waals surface area contributed by atoms with Gasteiger partial charge in [0.2, 0.25) is 0 Å². The normalized spacial score (nSPS) is 13.1. The molecule has 0 radical (unpaired) electrons. The highest BCUT2D eigenvalue weighted by molar-refractivity contribution is 9.10. The minimum atomic E-state index is -0.0974. The molecule has 1 N–H and O–H groups in total. The quantitative estimate of drug-likeness (QED) is 0.869. The summed E-state index contributed by atoms with van der Waals surface area (Å²) in [6, 6.07) is 0.346. The molecule has 0 amide bonds. The van der Waals surface area contributed by atoms with Crippen molar-refractivity contribution in [2.24, 2.45) is 0 Å². The van der Waals surface area contributed by atoms with Gasteiger partial charge in [-0.15, -0.1) is 0 Å². The molecule has 1 atom stereocenters. The summed E-state index contributed by atoms with van der Waals surface area (Å²) in [6.45, 7) is 6.98. The lowest BCUT2D eigenvalue weighted by Gasteiger charge is -2.19. The molecule has 0 aromatic carbocycles. The summed E-state index contributed by atoms with van der Waals surface area (Å²) in [6.07, 6.45) is 2.71. The maximum atomic E-state index is 12.1. The third-order valence-electron chi connectivity index (χ3n) is 2.84. The van der Waals surface area contributed by atoms with Crippen LogP contribution < -0.4 is 10.9 Å². The van der Waals surface area contributed by atoms with Crippen LogP contribution in [0.4, 0.5) is 5.69 Å². The first-order chi connectivity index (χ1) is 8.82. The molecule has 1 heterocycles. The van der Waals surface area contributed by atoms with Gasteiger partial charge in [-0.2, -0.15) is 5.10 Å². The summed E-state index contributed by atoms with van der Waals surface area (Å²) in [5, 5.41) is 7.51. The molecule has 0 aliphatic carbocycles. The first-order valence-electron chi connectivity index (χ1n) is 6.51. The minimum Gasteiger partial charge on any atom is -0.380 e. The van der Waals surface area contributed by atoms with Crippen LogP contribution in [0.3, 0.4) is 0 Å². The van der Waals surface area contributed by atoms with E-state index in [0.717, 1.165) is 18.7 Å². The van der Waals surface area contributed by atoms with E-state index >= 15 is 0 Å². The molecule has 0 saturated carbocycles. The fourth-order valence-corrected chi connectivity index (χ4v) is 2.10. The van der Waals surface area contributed by atoms with E-state index in [4.69, 9.17) is 0 Å². The molecule has 108 valence electrons. The van der Waals surface area contributed by atoms with E-state index in [1.165, 1.54) is 4.68 Å². The Morgan fingerprint density at radius 1 is 1.42 bits per heavy atom. The molecule has 5 nitrogen and oxygen atoms in total. The molecule has 1 aromatic rings. The molecule has 0 spiro atoms. The van der Waals surface area contributed by atoms with Crippen molar-refractivity contribution in [3.63, 3.8) is 0 Å². The predicted octanol–water partition coefficient (Wildman–Crippen LogP) is 2.34. The first-order valence-corrected chi connectivity index (χ1v) is 7.30. The summed E-state index contributed by atoms with van der Waals surface area (Å²) >= 11 is 3.36. The van der Waals surface area contributed by atoms with Crippen LogP contribution in [0, 0.1) is 0 Å². The smallest absolute Gasteiger partial charge is 0.283 e. The Kier molecular flexibility index (Phi) is 6.00. The van der Waals surface area contributed by atoms with Gasteiger partial charge in [0.1, 0.15) is 4.47 Å². The maximum absolute atomic E-state index is 12.1. The van der Waals surface area contributed by atoms with Crippen molar-refractivity contribution in [2.45, 2.75) is 39.3 Å². The molecule has 0 saturated heterocycles. The summed E-state index contributed by atoms with van der Waals surface area (Å²) in [7, 11) is 4.10. The Bertz CT molecular complexity index is 470. The van der Waals surface area contributed by atoms with Crippen molar-refractivity contribution in [3.8, 4) is 0 Å². The molecule has 0 bridgehead atoms. The second-order valence-corrected chi connectivity index (χ2v) is 6.15. The van der Waals surface area contributed by atoms with Crippen LogP contribution in [0.15, 0.2) is 15.5 Å². The van der Waals surface area contributed by atoms with Crippen molar-refractivity contribution in [3.05, 3.63) is 21.0 Å². The second kappa shape index (κ2) is 7.05. The number of aromatic nitrogens is 2. The topological polar surface area (TPSA) is 50.2 Å². The standard InChI is InChI=1S/C13H23BrN4O/c1-9(2)18-13(19)12(14)11(8-15-18)16-10(3)6-7-17(4)5/h8-10,16H,6-7H2,1-5H3. The molecule has 1 unspecified atom stereocenters. The molecule has 0 aliphatic heterocycles. The SMILES string of the molecule is CC(CCN(C)C)Nc1cnn(C(C)C)c(=O)c1Br. The molecule has 1 rings (SSSR count). The highest BCUT2D eigenvalue weighted by Crippen LogP contribution is 2.18. The van der Waals surface area contributed by atoms with Gasteiger partial charge in [-0.05, 0) is 63.8 Å². The van der Waals surface area contributed by atoms with Gasteiger partial charge in [-0.3, -0.25) is 4.79 Å². The van der Waals surface area contributed by atoms with Gasteiger partial charge in [-0.1, -0.05) is 0 Å². The molecule has 0 fully saturated rings. The Balaban J connectivity index is 2.80. The Labute approximate surface area is 123 Å². The molecule has 6 heteroatoms. The van der Waals surface area contributed by atoms with Gasteiger partial charge in [0.05, 0.1) is 17.9 Å². The largest absolute Gasteiger partial charge is 0.380 e. The maximum Gasteiger partial charge on any atom is 0.283 e. The van der Waals surface area contributed by atoms with E-state index in [1.807, 2.05) is 27.9 Å². The zero-order valence-corrected chi connectivity index (χ0v) is 13.9. The van der Waals surface area contributed by atoms with E-state index in [9.17, 15) is 4.79 Å². The lowest BCUT2D eigenvalue weighted by atomic mass is 10.2. The van der Waals surface area contributed by atoms with Gasteiger partial charge in [0.25, 0.3) is 5.56 Å². The molecule has 0 aliphatic rings. The second-order valence-electron chi connectivity index (χ2n) is 5.35. The van der Waals surface area contributed by atoms with Gasteiger partial charge in [-0.25, -0.2) is 4.68 Å². The van der Waals surface area contributed by atoms with E-state index in [2.05, 4.69) is 38.2 Å². The van der Waals surface area contributed by atoms with Crippen LogP contribution in [-0.2, 0) is 0 Å². The first kappa shape index (κ1) is 16.2. The number of hydrogen-bond donors (Lipinski definition) is 1. The number of anilines is 1. The predicted molar refractivity (Wildman–Crippen MR) is 82.8 cm³/mol. The third kappa shape index (κ3) is 4.62. The minimum absolute atomic E-state index is 0.0593. The van der Waals surface area contributed by atoms with Crippen LogP contribution in [0.5, 0.6) is 0 Å². The molecular weight excluding hydrogens is 308 g/mol. The van der Waals surface area contributed by atoms with Gasteiger partial charge < -0.3 is 10.2 Å². The Hall–Kier alpha value is -0.880. The summed E-state index contributed by atoms with van der Waals surface area (Å²) in [5.41, 5.74) is 0.660. The summed E-state index contributed by atoms with van der Waals surface area (Å²) in [5.74, 6) is 0. The van der Waals surface area contributed by atoms with Crippen molar-refractivity contribution in [2.75, 3.05) is 26.0 Å². The Morgan fingerprint density at radius 3 is 2.58 bits per heavy atom. The van der Waals surface area contributed by atoms with Gasteiger partial charge in [0, 0.05) is 6.04 Å². The van der Waals surface area contributed by atoms with E-state index in [1.54, 1.807) is 6.20 Å². The lowest BCUT2D eigenvalue weighted by molar-refractivity contribution is 0.390. The van der Waals surface area contributed by atoms with E-state index in [0.29, 0.717) is 4.47 Å². The Morgan fingerprint density at radius 2 is 2.05 bits per heavy atom. The van der Waals surface area contributed by atoms with Crippen molar-refractivity contribution < 1.29 is 0 Å². The van der Waals surface area contributed by atoms with Crippen LogP contribution in [-0.4, -0.2) is 41.4 Å². The zero-order valence-electron chi connectivity index (χ0n) is 12.3. The van der Waals surface area contributed by atoms with Crippen molar-refractivity contribution >= 4 is 21.6 Å². The van der Waals surface area contributed by atoms with Crippen LogP contribution in [0.25, 0.3) is 0 Å². The number of hydrogen-bond acceptors (Lipinski definition) is 4. The highest BCUT2D eigenvalue weighted by Gasteiger charge is 2.12. The average molecular weight is 331 g/mol. The monoisotopic (exact) mass is 330 g/mol. The van der Waals surface area contributed by atoms with E-state index < -0.39 is 0 Å². The highest BCUT2D eigenvalue weighted by atomic mass is 79.9. The molecule has 1 aromatic heterocycles. The van der Waals surface area contributed by atoms with Crippen molar-refractivity contribution in [1.82, 2.24) is 14.7 Å². The number of nitrogens with one attached hydrogen (secondary N) is 1. The fraction of sp³-hybridized carbons (Fsp3) is 0.692. The number of nitrogens with zero attached hydrogens (tertiary/aromatic N) is 3. The average Bonchev–Trinajstić information content (AvgIpc) is 2.32. The van der Waals surface area contributed by atoms with Crippen LogP contribution >= 0.6 is 15.9 Å². The van der Waals surface area contributed by atoms with Gasteiger partial charge in [0.15, 0.2) is 0 Å². The van der Waals surface area contributed by atoms with Gasteiger partial charge >= 0.3 is 0 Å². The molecular formula is C13H23BrN4O. The third-order valence-corrected chi connectivity index (χ3v) is 3.61. The van der Waals surface area contributed by atoms with E-state index in [-0.39, 0.29) is 17.6 Å². The molecule has 19 heavy (non-hydrogen) atoms. The fourth-order valence-electron chi connectivity index (χ4n) is 1.70. The number of rotatable bonds is 6. The van der Waals surface area contributed by atoms with Crippen LogP contribution in [0.1, 0.15) is 33.2 Å². The summed E-state index contributed by atoms with van der Waals surface area (Å²) in [4.78, 5) is 14.2. The number of halogens is 1. The zero-order chi connectivity index (χ0) is 14.6. The van der Waals surface area contributed by atoms with Crippen LogP contribution in [0.2, 0.25) is 0 Å². The van der Waals surface area contributed by atoms with Crippen molar-refractivity contribution in [1.29, 1.82) is 0 Å². The summed E-state index contributed by atoms with van der Waals surface area (Å²) < 4.78 is 2.02. The lowest BCUT2D eigenvalue weighted by Crippen LogP contribution is -2.28.